The van der Waals surface area contributed by atoms with Crippen LogP contribution in [0.25, 0.3) is 0 Å². The van der Waals surface area contributed by atoms with Crippen molar-refractivity contribution in [3.05, 3.63) is 0 Å². The van der Waals surface area contributed by atoms with E-state index in [0.29, 0.717) is 0 Å². The van der Waals surface area contributed by atoms with Crippen LogP contribution in [0.1, 0.15) is 34.6 Å². The Labute approximate surface area is 116 Å². The first kappa shape index (κ1) is 16.2. The second-order valence-electron chi connectivity index (χ2n) is 6.33. The van der Waals surface area contributed by atoms with E-state index < -0.39 is 15.3 Å². The van der Waals surface area contributed by atoms with Crippen LogP contribution in [0.2, 0.25) is 12.6 Å². The normalized spacial score (nSPS) is 24.7. The lowest BCUT2D eigenvalue weighted by Gasteiger charge is -2.39. The summed E-state index contributed by atoms with van der Waals surface area (Å²) in [6, 6.07) is 1.01. The maximum atomic E-state index is 11.6. The summed E-state index contributed by atoms with van der Waals surface area (Å²) < 4.78 is 11.0. The first-order chi connectivity index (χ1) is 8.60. The number of amides is 1. The molecule has 1 fully saturated rings. The monoisotopic (exact) mass is 286 g/mol. The topological polar surface area (TPSA) is 64.6 Å². The number of hydrogen-bond acceptors (Lipinski definition) is 4. The zero-order valence-corrected chi connectivity index (χ0v) is 13.6. The summed E-state index contributed by atoms with van der Waals surface area (Å²) >= 11 is 0. The average molecular weight is 286 g/mol. The van der Waals surface area contributed by atoms with Crippen LogP contribution in [0.15, 0.2) is 0 Å². The van der Waals surface area contributed by atoms with Crippen LogP contribution >= 0.6 is 0 Å². The molecule has 1 saturated heterocycles. The van der Waals surface area contributed by atoms with E-state index >= 15 is 0 Å². The van der Waals surface area contributed by atoms with E-state index in [9.17, 15) is 9.59 Å². The number of ether oxygens (including phenoxy) is 1. The molecule has 19 heavy (non-hydrogen) atoms. The Balaban J connectivity index is 2.49. The number of rotatable bonds is 5. The summed E-state index contributed by atoms with van der Waals surface area (Å²) in [5.41, 5.74) is 0.222. The van der Waals surface area contributed by atoms with E-state index in [4.69, 9.17) is 9.16 Å². The Morgan fingerprint density at radius 3 is 2.47 bits per heavy atom. The lowest BCUT2D eigenvalue weighted by molar-refractivity contribution is -0.172. The highest BCUT2D eigenvalue weighted by Gasteiger charge is 2.46. The molecular weight excluding hydrogens is 262 g/mol. The highest BCUT2D eigenvalue weighted by Crippen LogP contribution is 2.26. The zero-order chi connectivity index (χ0) is 14.8. The van der Waals surface area contributed by atoms with E-state index in [-0.39, 0.29) is 29.3 Å². The largest absolute Gasteiger partial charge is 0.441 e. The molecule has 3 atom stereocenters. The summed E-state index contributed by atoms with van der Waals surface area (Å²) in [5.74, 6) is -0.882. The fourth-order valence-electron chi connectivity index (χ4n) is 2.29. The first-order valence-corrected chi connectivity index (χ1v) is 8.68. The molecule has 0 unspecified atom stereocenters. The number of hydrogen-bond donors (Lipinski definition) is 1. The average Bonchev–Trinajstić information content (AvgIpc) is 2.11. The van der Waals surface area contributed by atoms with Gasteiger partial charge in [-0.1, -0.05) is 20.8 Å². The lowest BCUT2D eigenvalue weighted by atomic mass is 9.93. The molecule has 1 amide bonds. The van der Waals surface area contributed by atoms with Crippen LogP contribution in [0.4, 0.5) is 0 Å². The van der Waals surface area contributed by atoms with Crippen molar-refractivity contribution in [1.82, 2.24) is 5.32 Å². The Hall–Kier alpha value is -0.883. The molecule has 0 spiro atoms. The fourth-order valence-corrected chi connectivity index (χ4v) is 4.65. The van der Waals surface area contributed by atoms with Crippen molar-refractivity contribution in [2.24, 2.45) is 11.3 Å². The molecule has 6 heteroatoms. The van der Waals surface area contributed by atoms with Crippen LogP contribution in [0.3, 0.4) is 0 Å². The minimum Gasteiger partial charge on any atom is -0.441 e. The van der Waals surface area contributed by atoms with Crippen molar-refractivity contribution in [1.29, 1.82) is 0 Å². The molecule has 5 nitrogen and oxygen atoms in total. The SMILES string of the molecule is CC(=O)O[C@@H]1NC(=O)[C@@H]1[C@@H](C)O[Si](C)CC(C)(C)C. The van der Waals surface area contributed by atoms with Crippen LogP contribution in [-0.4, -0.2) is 33.2 Å². The van der Waals surface area contributed by atoms with E-state index in [0.717, 1.165) is 6.04 Å². The van der Waals surface area contributed by atoms with Gasteiger partial charge in [-0.15, -0.1) is 0 Å². The third kappa shape index (κ3) is 4.95. The van der Waals surface area contributed by atoms with Crippen molar-refractivity contribution >= 4 is 20.9 Å². The quantitative estimate of drug-likeness (QED) is 0.474. The minimum absolute atomic E-state index is 0.107. The second-order valence-corrected chi connectivity index (χ2v) is 8.32. The molecule has 1 rings (SSSR count). The predicted molar refractivity (Wildman–Crippen MR) is 73.6 cm³/mol. The molecule has 1 radical (unpaired) electrons. The van der Waals surface area contributed by atoms with Gasteiger partial charge in [0, 0.05) is 6.92 Å². The molecular formula is C13H24NO4Si. The van der Waals surface area contributed by atoms with Gasteiger partial charge in [0.05, 0.1) is 6.10 Å². The van der Waals surface area contributed by atoms with E-state index in [2.05, 4.69) is 32.6 Å². The molecule has 1 aliphatic heterocycles. The first-order valence-electron chi connectivity index (χ1n) is 6.57. The molecule has 0 aromatic carbocycles. The summed E-state index contributed by atoms with van der Waals surface area (Å²) in [7, 11) is -0.962. The minimum atomic E-state index is -0.962. The van der Waals surface area contributed by atoms with Gasteiger partial charge in [-0.2, -0.15) is 0 Å². The zero-order valence-electron chi connectivity index (χ0n) is 12.6. The molecule has 0 aromatic heterocycles. The Bertz CT molecular complexity index is 353. The van der Waals surface area contributed by atoms with Crippen LogP contribution in [0.5, 0.6) is 0 Å². The van der Waals surface area contributed by atoms with Gasteiger partial charge >= 0.3 is 5.97 Å². The highest BCUT2D eigenvalue weighted by molar-refractivity contribution is 6.50. The molecule has 0 saturated carbocycles. The van der Waals surface area contributed by atoms with Crippen LogP contribution in [-0.2, 0) is 18.8 Å². The van der Waals surface area contributed by atoms with Gasteiger partial charge in [0.15, 0.2) is 6.23 Å². The van der Waals surface area contributed by atoms with Crippen molar-refractivity contribution in [2.45, 2.75) is 59.5 Å². The standard InChI is InChI=1S/C13H24NO4Si/c1-8(18-19(6)7-13(3,4)5)10-11(16)14-12(10)17-9(2)15/h8,10,12H,7H2,1-6H3,(H,14,16)/t8-,10+,12+/m1/s1. The predicted octanol–water partition coefficient (Wildman–Crippen LogP) is 1.69. The van der Waals surface area contributed by atoms with Gasteiger partial charge in [-0.3, -0.25) is 9.59 Å². The molecule has 1 aliphatic rings. The van der Waals surface area contributed by atoms with Crippen molar-refractivity contribution in [2.75, 3.05) is 0 Å². The highest BCUT2D eigenvalue weighted by atomic mass is 28.3. The van der Waals surface area contributed by atoms with Gasteiger partial charge in [-0.05, 0) is 24.9 Å². The summed E-state index contributed by atoms with van der Waals surface area (Å²) in [6.45, 7) is 11.8. The number of carbonyl (C=O) groups is 2. The summed E-state index contributed by atoms with van der Waals surface area (Å²) in [4.78, 5) is 22.5. The molecule has 0 aliphatic carbocycles. The maximum absolute atomic E-state index is 11.6. The van der Waals surface area contributed by atoms with Crippen molar-refractivity contribution in [3.8, 4) is 0 Å². The van der Waals surface area contributed by atoms with Gasteiger partial charge in [0.2, 0.25) is 14.9 Å². The van der Waals surface area contributed by atoms with E-state index in [1.54, 1.807) is 0 Å². The molecule has 1 N–H and O–H groups in total. The molecule has 0 bridgehead atoms. The molecule has 0 aromatic rings. The van der Waals surface area contributed by atoms with Gasteiger partial charge in [0.1, 0.15) is 5.92 Å². The number of nitrogens with one attached hydrogen (secondary N) is 1. The Kier molecular flexibility index (Phi) is 5.15. The fraction of sp³-hybridized carbons (Fsp3) is 0.846. The van der Waals surface area contributed by atoms with E-state index in [1.807, 2.05) is 6.92 Å². The van der Waals surface area contributed by atoms with E-state index in [1.165, 1.54) is 6.92 Å². The Morgan fingerprint density at radius 2 is 2.05 bits per heavy atom. The third-order valence-corrected chi connectivity index (χ3v) is 5.21. The smallest absolute Gasteiger partial charge is 0.304 e. The molecule has 1 heterocycles. The lowest BCUT2D eigenvalue weighted by Crippen LogP contribution is -2.64. The van der Waals surface area contributed by atoms with Crippen molar-refractivity contribution < 1.29 is 18.8 Å². The van der Waals surface area contributed by atoms with Crippen LogP contribution in [0, 0.1) is 11.3 Å². The Morgan fingerprint density at radius 1 is 1.47 bits per heavy atom. The number of esters is 1. The van der Waals surface area contributed by atoms with Crippen molar-refractivity contribution in [3.63, 3.8) is 0 Å². The van der Waals surface area contributed by atoms with Gasteiger partial charge < -0.3 is 14.5 Å². The third-order valence-electron chi connectivity index (χ3n) is 2.88. The van der Waals surface area contributed by atoms with Gasteiger partial charge in [0.25, 0.3) is 0 Å². The van der Waals surface area contributed by atoms with Crippen LogP contribution < -0.4 is 5.32 Å². The maximum Gasteiger partial charge on any atom is 0.304 e. The summed E-state index contributed by atoms with van der Waals surface area (Å²) in [6.07, 6.45) is -0.760. The number of β-lactam (4-membered cyclic amide) rings is 1. The number of carbonyl (C=O) groups excluding carboxylic acids is 2. The molecule has 109 valence electrons. The van der Waals surface area contributed by atoms with Gasteiger partial charge in [-0.25, -0.2) is 0 Å². The second kappa shape index (κ2) is 6.05. The summed E-state index contributed by atoms with van der Waals surface area (Å²) in [5, 5.41) is 2.58.